The molecule has 0 saturated carbocycles. The van der Waals surface area contributed by atoms with Crippen LogP contribution >= 0.6 is 31.9 Å². The van der Waals surface area contributed by atoms with Crippen LogP contribution < -0.4 is 10.2 Å². The zero-order valence-electron chi connectivity index (χ0n) is 11.1. The number of ether oxygens (including phenoxy) is 1. The first kappa shape index (κ1) is 15.8. The molecule has 0 unspecified atom stereocenters. The minimum atomic E-state index is -0.355. The van der Waals surface area contributed by atoms with E-state index in [4.69, 9.17) is 9.15 Å². The summed E-state index contributed by atoms with van der Waals surface area (Å²) in [7, 11) is 0. The molecule has 0 radical (unpaired) electrons. The summed E-state index contributed by atoms with van der Waals surface area (Å²) in [5, 5.41) is 3.77. The number of nitrogens with one attached hydrogen (secondary N) is 1. The maximum atomic E-state index is 11.6. The van der Waals surface area contributed by atoms with Crippen LogP contribution in [0.2, 0.25) is 0 Å². The van der Waals surface area contributed by atoms with Crippen molar-refractivity contribution in [1.29, 1.82) is 0 Å². The number of nitrogens with zero attached hydrogens (tertiary/aromatic N) is 1. The Morgan fingerprint density at radius 1 is 1.48 bits per heavy atom. The van der Waals surface area contributed by atoms with Crippen LogP contribution in [0.1, 0.15) is 11.3 Å². The Labute approximate surface area is 138 Å². The molecule has 0 aliphatic heterocycles. The number of amides is 1. The number of furan rings is 1. The number of carbonyl (C=O) groups excluding carboxylic acids is 1. The van der Waals surface area contributed by atoms with Crippen molar-refractivity contribution < 1.29 is 13.9 Å². The predicted octanol–water partition coefficient (Wildman–Crippen LogP) is 3.64. The van der Waals surface area contributed by atoms with E-state index >= 15 is 0 Å². The van der Waals surface area contributed by atoms with Gasteiger partial charge < -0.3 is 9.15 Å². The Hall–Kier alpha value is -1.60. The van der Waals surface area contributed by atoms with E-state index in [-0.39, 0.29) is 12.5 Å². The number of hydrogen-bond donors (Lipinski definition) is 1. The van der Waals surface area contributed by atoms with E-state index < -0.39 is 0 Å². The molecule has 0 bridgehead atoms. The van der Waals surface area contributed by atoms with Gasteiger partial charge in [0.1, 0.15) is 11.5 Å². The van der Waals surface area contributed by atoms with Gasteiger partial charge in [-0.25, -0.2) is 5.43 Å². The molecule has 21 heavy (non-hydrogen) atoms. The summed E-state index contributed by atoms with van der Waals surface area (Å²) in [5.74, 6) is 0.832. The summed E-state index contributed by atoms with van der Waals surface area (Å²) in [6.07, 6.45) is 2.94. The van der Waals surface area contributed by atoms with Crippen molar-refractivity contribution in [2.45, 2.75) is 6.92 Å². The summed E-state index contributed by atoms with van der Waals surface area (Å²) < 4.78 is 12.3. The van der Waals surface area contributed by atoms with Crippen LogP contribution in [0, 0.1) is 6.92 Å². The van der Waals surface area contributed by atoms with Crippen molar-refractivity contribution in [3.05, 3.63) is 50.8 Å². The van der Waals surface area contributed by atoms with Gasteiger partial charge in [-0.15, -0.1) is 0 Å². The first-order valence-corrected chi connectivity index (χ1v) is 7.58. The Kier molecular flexibility index (Phi) is 5.58. The topological polar surface area (TPSA) is 63.8 Å². The second-order valence-corrected chi connectivity index (χ2v) is 5.90. The summed E-state index contributed by atoms with van der Waals surface area (Å²) in [4.78, 5) is 11.6. The smallest absolute Gasteiger partial charge is 0.277 e. The predicted molar refractivity (Wildman–Crippen MR) is 86.5 cm³/mol. The fourth-order valence-corrected chi connectivity index (χ4v) is 3.13. The van der Waals surface area contributed by atoms with Crippen LogP contribution in [0.25, 0.3) is 0 Å². The van der Waals surface area contributed by atoms with Gasteiger partial charge in [-0.2, -0.15) is 5.10 Å². The van der Waals surface area contributed by atoms with Crippen molar-refractivity contribution in [3.8, 4) is 5.75 Å². The lowest BCUT2D eigenvalue weighted by atomic mass is 10.2. The van der Waals surface area contributed by atoms with E-state index in [1.54, 1.807) is 12.1 Å². The van der Waals surface area contributed by atoms with Gasteiger partial charge in [0, 0.05) is 4.47 Å². The summed E-state index contributed by atoms with van der Waals surface area (Å²) >= 11 is 6.79. The molecule has 1 aromatic carbocycles. The Morgan fingerprint density at radius 2 is 2.29 bits per heavy atom. The van der Waals surface area contributed by atoms with Crippen LogP contribution in [0.3, 0.4) is 0 Å². The van der Waals surface area contributed by atoms with Crippen LogP contribution in [-0.2, 0) is 4.79 Å². The highest BCUT2D eigenvalue weighted by atomic mass is 79.9. The molecule has 1 aromatic heterocycles. The van der Waals surface area contributed by atoms with Crippen LogP contribution in [0.5, 0.6) is 5.75 Å². The first-order valence-electron chi connectivity index (χ1n) is 6.00. The minimum Gasteiger partial charge on any atom is -0.482 e. The van der Waals surface area contributed by atoms with Crippen molar-refractivity contribution in [3.63, 3.8) is 0 Å². The summed E-state index contributed by atoms with van der Waals surface area (Å²) in [6, 6.07) is 7.23. The van der Waals surface area contributed by atoms with Gasteiger partial charge >= 0.3 is 0 Å². The van der Waals surface area contributed by atoms with Crippen molar-refractivity contribution in [1.82, 2.24) is 5.43 Å². The molecule has 2 aromatic rings. The molecular formula is C14H12Br2N2O3. The number of benzene rings is 1. The fraction of sp³-hybridized carbons (Fsp3) is 0.143. The standard InChI is InChI=1S/C14H12Br2N2O3/c1-9-5-10(15)6-12(16)14(9)21-8-13(19)18-17-7-11-3-2-4-20-11/h2-7H,8H2,1H3,(H,18,19). The lowest BCUT2D eigenvalue weighted by Crippen LogP contribution is -2.24. The van der Waals surface area contributed by atoms with Gasteiger partial charge in [0.2, 0.25) is 0 Å². The monoisotopic (exact) mass is 414 g/mol. The third-order valence-corrected chi connectivity index (χ3v) is 3.51. The lowest BCUT2D eigenvalue weighted by Gasteiger charge is -2.10. The van der Waals surface area contributed by atoms with Gasteiger partial charge in [0.25, 0.3) is 5.91 Å². The molecule has 0 fully saturated rings. The molecule has 0 spiro atoms. The molecule has 0 aliphatic rings. The third-order valence-electron chi connectivity index (χ3n) is 2.47. The maximum Gasteiger partial charge on any atom is 0.277 e. The van der Waals surface area contributed by atoms with E-state index in [1.165, 1.54) is 12.5 Å². The van der Waals surface area contributed by atoms with Gasteiger partial charge in [-0.3, -0.25) is 4.79 Å². The SMILES string of the molecule is Cc1cc(Br)cc(Br)c1OCC(=O)NN=Cc1ccco1. The van der Waals surface area contributed by atoms with Gasteiger partial charge in [-0.1, -0.05) is 15.9 Å². The van der Waals surface area contributed by atoms with Crippen LogP contribution in [0.4, 0.5) is 0 Å². The van der Waals surface area contributed by atoms with Crippen molar-refractivity contribution in [2.75, 3.05) is 6.61 Å². The molecule has 7 heteroatoms. The second kappa shape index (κ2) is 7.42. The Balaban J connectivity index is 1.87. The molecule has 1 N–H and O–H groups in total. The van der Waals surface area contributed by atoms with Crippen LogP contribution in [0.15, 0.2) is 49.0 Å². The highest BCUT2D eigenvalue weighted by Gasteiger charge is 2.09. The lowest BCUT2D eigenvalue weighted by molar-refractivity contribution is -0.123. The van der Waals surface area contributed by atoms with Crippen LogP contribution in [-0.4, -0.2) is 18.7 Å². The normalized spacial score (nSPS) is 10.8. The van der Waals surface area contributed by atoms with E-state index in [9.17, 15) is 4.79 Å². The average Bonchev–Trinajstić information content (AvgIpc) is 2.90. The van der Waals surface area contributed by atoms with E-state index in [2.05, 4.69) is 42.4 Å². The molecule has 1 heterocycles. The zero-order valence-corrected chi connectivity index (χ0v) is 14.3. The molecule has 110 valence electrons. The number of carbonyl (C=O) groups is 1. The largest absolute Gasteiger partial charge is 0.482 e. The van der Waals surface area contributed by atoms with E-state index in [0.717, 1.165) is 14.5 Å². The zero-order chi connectivity index (χ0) is 15.2. The quantitative estimate of drug-likeness (QED) is 0.598. The Bertz CT molecular complexity index is 631. The number of hydrogen-bond acceptors (Lipinski definition) is 4. The second-order valence-electron chi connectivity index (χ2n) is 4.13. The van der Waals surface area contributed by atoms with Crippen molar-refractivity contribution >= 4 is 44.0 Å². The number of rotatable bonds is 5. The number of hydrazone groups is 1. The average molecular weight is 416 g/mol. The molecule has 1 amide bonds. The third kappa shape index (κ3) is 4.71. The molecular weight excluding hydrogens is 404 g/mol. The van der Waals surface area contributed by atoms with Crippen molar-refractivity contribution in [2.24, 2.45) is 5.10 Å². The van der Waals surface area contributed by atoms with Gasteiger partial charge in [0.15, 0.2) is 6.61 Å². The van der Waals surface area contributed by atoms with E-state index in [0.29, 0.717) is 11.5 Å². The molecule has 0 aliphatic carbocycles. The van der Waals surface area contributed by atoms with Gasteiger partial charge in [-0.05, 0) is 52.7 Å². The number of aryl methyl sites for hydroxylation is 1. The van der Waals surface area contributed by atoms with Gasteiger partial charge in [0.05, 0.1) is 17.0 Å². The maximum absolute atomic E-state index is 11.6. The molecule has 2 rings (SSSR count). The highest BCUT2D eigenvalue weighted by molar-refractivity contribution is 9.11. The van der Waals surface area contributed by atoms with E-state index in [1.807, 2.05) is 19.1 Å². The Morgan fingerprint density at radius 3 is 2.95 bits per heavy atom. The summed E-state index contributed by atoms with van der Waals surface area (Å²) in [6.45, 7) is 1.77. The molecule has 0 atom stereocenters. The number of halogens is 2. The fourth-order valence-electron chi connectivity index (χ4n) is 1.57. The highest BCUT2D eigenvalue weighted by Crippen LogP contribution is 2.32. The molecule has 5 nitrogen and oxygen atoms in total. The first-order chi connectivity index (χ1) is 10.1. The minimum absolute atomic E-state index is 0.128. The molecule has 0 saturated heterocycles. The summed E-state index contributed by atoms with van der Waals surface area (Å²) in [5.41, 5.74) is 3.28.